The molecule has 0 N–H and O–H groups in total. The summed E-state index contributed by atoms with van der Waals surface area (Å²) in [5, 5.41) is 0. The number of rotatable bonds is 29. The van der Waals surface area contributed by atoms with Crippen molar-refractivity contribution in [1.82, 2.24) is 0 Å². The van der Waals surface area contributed by atoms with E-state index in [2.05, 4.69) is 20.4 Å². The first-order valence-electron chi connectivity index (χ1n) is 14.6. The average molecular weight is 535 g/mol. The second-order valence-electron chi connectivity index (χ2n) is 9.55. The maximum Gasteiger partial charge on any atom is 0.332 e. The Labute approximate surface area is 230 Å². The fourth-order valence-electron chi connectivity index (χ4n) is 4.04. The van der Waals surface area contributed by atoms with Gasteiger partial charge < -0.3 is 13.6 Å². The van der Waals surface area contributed by atoms with Gasteiger partial charge in [0.15, 0.2) is 0 Å². The molecule has 0 fully saturated rings. The van der Waals surface area contributed by atoms with Gasteiger partial charge in [0.05, 0.1) is 19.8 Å². The van der Waals surface area contributed by atoms with Crippen LogP contribution in [0.1, 0.15) is 155 Å². The molecule has 202 valence electrons. The molecule has 0 saturated carbocycles. The first kappa shape index (κ1) is 36.9. The van der Waals surface area contributed by atoms with E-state index in [1.54, 1.807) is 6.08 Å². The molecule has 5 heteroatoms. The van der Waals surface area contributed by atoms with Crippen molar-refractivity contribution in [2.75, 3.05) is 19.8 Å². The molecular weight excluding hydrogens is 475 g/mol. The molecule has 0 aliphatic heterocycles. The van der Waals surface area contributed by atoms with E-state index in [1.165, 1.54) is 128 Å². The zero-order valence-corrected chi connectivity index (χ0v) is 25.6. The van der Waals surface area contributed by atoms with Crippen LogP contribution >= 0.6 is 8.60 Å². The second-order valence-corrected chi connectivity index (χ2v) is 10.8. The van der Waals surface area contributed by atoms with Gasteiger partial charge in [-0.1, -0.05) is 148 Å². The van der Waals surface area contributed by atoms with E-state index in [0.29, 0.717) is 6.61 Å². The number of unbranched alkanes of at least 4 members (excludes halogenated alkanes) is 20. The first-order valence-corrected chi connectivity index (χ1v) is 15.7. The van der Waals surface area contributed by atoms with E-state index in [4.69, 9.17) is 13.6 Å². The van der Waals surface area contributed by atoms with E-state index in [9.17, 15) is 0 Å². The number of hydrogen-bond donors (Lipinski definition) is 0. The molecule has 0 heterocycles. The van der Waals surface area contributed by atoms with Gasteiger partial charge in [0.1, 0.15) is 0 Å². The van der Waals surface area contributed by atoms with Crippen LogP contribution in [-0.2, 0) is 35.3 Å². The maximum atomic E-state index is 5.90. The van der Waals surface area contributed by atoms with Crippen LogP contribution in [0, 0.1) is 0 Å². The van der Waals surface area contributed by atoms with Crippen LogP contribution in [0.3, 0.4) is 0 Å². The molecule has 0 aromatic heterocycles. The second kappa shape index (κ2) is 33.8. The zero-order valence-electron chi connectivity index (χ0n) is 23.1. The molecule has 0 unspecified atom stereocenters. The van der Waals surface area contributed by atoms with Crippen LogP contribution in [-0.4, -0.2) is 19.8 Å². The Balaban J connectivity index is 0. The van der Waals surface area contributed by atoms with Crippen molar-refractivity contribution in [3.8, 4) is 0 Å². The van der Waals surface area contributed by atoms with Crippen LogP contribution in [0.15, 0.2) is 12.7 Å². The third-order valence-corrected chi connectivity index (χ3v) is 7.33. The molecule has 0 spiro atoms. The van der Waals surface area contributed by atoms with E-state index >= 15 is 0 Å². The molecule has 0 radical (unpaired) electrons. The molecule has 0 aliphatic carbocycles. The van der Waals surface area contributed by atoms with Crippen LogP contribution in [0.2, 0.25) is 0 Å². The Kier molecular flexibility index (Phi) is 36.7. The molecule has 0 atom stereocenters. The van der Waals surface area contributed by atoms with Gasteiger partial charge in [0, 0.05) is 21.7 Å². The maximum absolute atomic E-state index is 5.90. The van der Waals surface area contributed by atoms with Gasteiger partial charge in [-0.05, 0) is 12.8 Å². The minimum absolute atomic E-state index is 0. The largest absolute Gasteiger partial charge is 0.332 e. The van der Waals surface area contributed by atoms with Crippen molar-refractivity contribution < 1.29 is 35.3 Å². The molecule has 0 amide bonds. The summed E-state index contributed by atoms with van der Waals surface area (Å²) in [5.74, 6) is 0. The minimum Gasteiger partial charge on any atom is -0.312 e. The molecule has 0 aromatic rings. The molecule has 0 rings (SSSR count). The fraction of sp³-hybridized carbons (Fsp3) is 0.931. The summed E-state index contributed by atoms with van der Waals surface area (Å²) in [6, 6.07) is 0. The standard InChI is InChI=1S/C29H59O3P.Ti/c1-4-7-9-11-13-15-17-19-21-23-25-28-31-33(30-27-6-3)32-29-26-24-22-20-18-16-14-12-10-8-5-2;/h6H,3-5,7-29H2,1-2H3;. The van der Waals surface area contributed by atoms with Crippen molar-refractivity contribution in [2.24, 2.45) is 0 Å². The van der Waals surface area contributed by atoms with Crippen LogP contribution < -0.4 is 0 Å². The first-order chi connectivity index (χ1) is 16.3. The molecule has 0 aromatic carbocycles. The van der Waals surface area contributed by atoms with Crippen LogP contribution in [0.25, 0.3) is 0 Å². The molecule has 0 aliphatic rings. The summed E-state index contributed by atoms with van der Waals surface area (Å²) in [6.45, 7) is 10.3. The normalized spacial score (nSPS) is 11.1. The van der Waals surface area contributed by atoms with Gasteiger partial charge in [-0.2, -0.15) is 0 Å². The van der Waals surface area contributed by atoms with Gasteiger partial charge >= 0.3 is 8.60 Å². The predicted molar refractivity (Wildman–Crippen MR) is 148 cm³/mol. The summed E-state index contributed by atoms with van der Waals surface area (Å²) < 4.78 is 17.5. The average Bonchev–Trinajstić information content (AvgIpc) is 2.83. The monoisotopic (exact) mass is 534 g/mol. The predicted octanol–water partition coefficient (Wildman–Crippen LogP) is 11.1. The van der Waals surface area contributed by atoms with Crippen LogP contribution in [0.5, 0.6) is 0 Å². The molecule has 0 saturated heterocycles. The summed E-state index contributed by atoms with van der Waals surface area (Å²) in [6.07, 6.45) is 31.5. The van der Waals surface area contributed by atoms with Gasteiger partial charge in [-0.3, -0.25) is 0 Å². The van der Waals surface area contributed by atoms with Crippen molar-refractivity contribution in [1.29, 1.82) is 0 Å². The summed E-state index contributed by atoms with van der Waals surface area (Å²) in [5.41, 5.74) is 0. The van der Waals surface area contributed by atoms with Gasteiger partial charge in [0.25, 0.3) is 0 Å². The smallest absolute Gasteiger partial charge is 0.312 e. The van der Waals surface area contributed by atoms with Crippen molar-refractivity contribution in [2.45, 2.75) is 155 Å². The Morgan fingerprint density at radius 2 is 0.765 bits per heavy atom. The van der Waals surface area contributed by atoms with E-state index < -0.39 is 8.60 Å². The van der Waals surface area contributed by atoms with E-state index in [-0.39, 0.29) is 21.7 Å². The number of hydrogen-bond acceptors (Lipinski definition) is 3. The van der Waals surface area contributed by atoms with E-state index in [1.807, 2.05) is 0 Å². The topological polar surface area (TPSA) is 27.7 Å². The van der Waals surface area contributed by atoms with Crippen molar-refractivity contribution >= 4 is 8.60 Å². The molecule has 3 nitrogen and oxygen atoms in total. The zero-order chi connectivity index (χ0) is 24.1. The third-order valence-electron chi connectivity index (χ3n) is 6.19. The van der Waals surface area contributed by atoms with Crippen molar-refractivity contribution in [3.63, 3.8) is 0 Å². The Morgan fingerprint density at radius 3 is 1.06 bits per heavy atom. The molecule has 34 heavy (non-hydrogen) atoms. The van der Waals surface area contributed by atoms with Gasteiger partial charge in [-0.25, -0.2) is 0 Å². The summed E-state index contributed by atoms with van der Waals surface area (Å²) in [7, 11) is -1.21. The molecular formula is C29H59O3PTi. The SMILES string of the molecule is C=CCOP(OCCCCCCCCCCCCC)OCCCCCCCCCCCCC.[Ti]. The van der Waals surface area contributed by atoms with Gasteiger partial charge in [-0.15, -0.1) is 6.58 Å². The fourth-order valence-corrected chi connectivity index (χ4v) is 5.04. The summed E-state index contributed by atoms with van der Waals surface area (Å²) in [4.78, 5) is 0. The quantitative estimate of drug-likeness (QED) is 0.0413. The molecule has 0 bridgehead atoms. The third kappa shape index (κ3) is 30.8. The summed E-state index contributed by atoms with van der Waals surface area (Å²) >= 11 is 0. The Morgan fingerprint density at radius 1 is 0.471 bits per heavy atom. The van der Waals surface area contributed by atoms with Crippen LogP contribution in [0.4, 0.5) is 0 Å². The van der Waals surface area contributed by atoms with Crippen molar-refractivity contribution in [3.05, 3.63) is 12.7 Å². The Hall–Kier alpha value is 0.764. The Bertz CT molecular complexity index is 343. The minimum atomic E-state index is -1.21. The van der Waals surface area contributed by atoms with Gasteiger partial charge in [0.2, 0.25) is 0 Å². The van der Waals surface area contributed by atoms with E-state index in [0.717, 1.165) is 26.1 Å².